The Morgan fingerprint density at radius 2 is 2.37 bits per heavy atom. The van der Waals surface area contributed by atoms with Gasteiger partial charge in [-0.25, -0.2) is 14.2 Å². The molecule has 1 aromatic heterocycles. The molecule has 1 atom stereocenters. The van der Waals surface area contributed by atoms with Crippen molar-refractivity contribution in [3.8, 4) is 5.75 Å². The molecule has 1 aromatic carbocycles. The highest BCUT2D eigenvalue weighted by Crippen LogP contribution is 2.31. The standard InChI is InChI=1S/C11H8BrClFNO3S/c1-5(18-11(13)16)4-17-8-3-9-7(2-6(8)14)15-10(12)19-9/h2-3,5H,4H2,1H3. The lowest BCUT2D eigenvalue weighted by Crippen LogP contribution is -2.19. The lowest BCUT2D eigenvalue weighted by Gasteiger charge is -2.12. The van der Waals surface area contributed by atoms with Crippen LogP contribution in [0.25, 0.3) is 10.2 Å². The predicted molar refractivity (Wildman–Crippen MR) is 74.6 cm³/mol. The van der Waals surface area contributed by atoms with Gasteiger partial charge in [0.25, 0.3) is 0 Å². The molecule has 0 fully saturated rings. The maximum absolute atomic E-state index is 13.7. The van der Waals surface area contributed by atoms with Crippen molar-refractivity contribution in [3.63, 3.8) is 0 Å². The van der Waals surface area contributed by atoms with Gasteiger partial charge >= 0.3 is 5.43 Å². The Hall–Kier alpha value is -0.920. The lowest BCUT2D eigenvalue weighted by molar-refractivity contribution is 0.0923. The maximum Gasteiger partial charge on any atom is 0.404 e. The molecule has 0 amide bonds. The van der Waals surface area contributed by atoms with Gasteiger partial charge in [-0.3, -0.25) is 0 Å². The van der Waals surface area contributed by atoms with Crippen LogP contribution in [0.2, 0.25) is 0 Å². The van der Waals surface area contributed by atoms with E-state index in [2.05, 4.69) is 25.7 Å². The third-order valence-corrected chi connectivity index (χ3v) is 3.74. The van der Waals surface area contributed by atoms with Crippen molar-refractivity contribution in [3.05, 3.63) is 21.9 Å². The van der Waals surface area contributed by atoms with Gasteiger partial charge in [0.2, 0.25) is 0 Å². The molecule has 0 bridgehead atoms. The quantitative estimate of drug-likeness (QED) is 0.753. The van der Waals surface area contributed by atoms with E-state index in [4.69, 9.17) is 16.3 Å². The van der Waals surface area contributed by atoms with E-state index in [0.717, 1.165) is 4.70 Å². The minimum absolute atomic E-state index is 0.0147. The number of benzene rings is 1. The van der Waals surface area contributed by atoms with Crippen LogP contribution in [0.4, 0.5) is 9.18 Å². The fourth-order valence-electron chi connectivity index (χ4n) is 1.41. The van der Waals surface area contributed by atoms with E-state index in [1.54, 1.807) is 13.0 Å². The molecule has 0 saturated carbocycles. The average molecular weight is 369 g/mol. The molecule has 0 saturated heterocycles. The van der Waals surface area contributed by atoms with Crippen LogP contribution in [0.3, 0.4) is 0 Å². The third kappa shape index (κ3) is 3.77. The van der Waals surface area contributed by atoms with Gasteiger partial charge in [0.1, 0.15) is 12.7 Å². The number of aromatic nitrogens is 1. The topological polar surface area (TPSA) is 48.4 Å². The molecule has 4 nitrogen and oxygen atoms in total. The second-order valence-electron chi connectivity index (χ2n) is 3.69. The van der Waals surface area contributed by atoms with Gasteiger partial charge in [0, 0.05) is 23.7 Å². The molecular formula is C11H8BrClFNO3S. The zero-order chi connectivity index (χ0) is 14.0. The molecule has 1 unspecified atom stereocenters. The summed E-state index contributed by atoms with van der Waals surface area (Å²) in [4.78, 5) is 14.6. The van der Waals surface area contributed by atoms with Gasteiger partial charge in [0.05, 0.1) is 10.2 Å². The van der Waals surface area contributed by atoms with Gasteiger partial charge in [-0.15, -0.1) is 11.3 Å². The van der Waals surface area contributed by atoms with E-state index in [0.29, 0.717) is 9.43 Å². The van der Waals surface area contributed by atoms with Crippen molar-refractivity contribution < 1.29 is 18.7 Å². The van der Waals surface area contributed by atoms with E-state index in [-0.39, 0.29) is 12.4 Å². The average Bonchev–Trinajstić information content (AvgIpc) is 2.64. The monoisotopic (exact) mass is 367 g/mol. The molecule has 2 rings (SSSR count). The van der Waals surface area contributed by atoms with Gasteiger partial charge in [-0.05, 0) is 22.9 Å². The first-order chi connectivity index (χ1) is 8.95. The lowest BCUT2D eigenvalue weighted by atomic mass is 10.3. The number of carbonyl (C=O) groups excluding carboxylic acids is 1. The number of carbonyl (C=O) groups is 1. The van der Waals surface area contributed by atoms with Crippen LogP contribution in [0.5, 0.6) is 5.75 Å². The molecule has 0 aliphatic heterocycles. The summed E-state index contributed by atoms with van der Waals surface area (Å²) in [6, 6.07) is 2.85. The van der Waals surface area contributed by atoms with Crippen molar-refractivity contribution in [2.75, 3.05) is 6.61 Å². The second kappa shape index (κ2) is 6.02. The highest BCUT2D eigenvalue weighted by atomic mass is 79.9. The van der Waals surface area contributed by atoms with E-state index >= 15 is 0 Å². The van der Waals surface area contributed by atoms with Crippen LogP contribution in [0, 0.1) is 5.82 Å². The summed E-state index contributed by atoms with van der Waals surface area (Å²) in [5, 5.41) is 0. The molecule has 0 aliphatic rings. The Bertz CT molecular complexity index is 621. The van der Waals surface area contributed by atoms with E-state index in [1.165, 1.54) is 17.4 Å². The summed E-state index contributed by atoms with van der Waals surface area (Å²) < 4.78 is 25.1. The SMILES string of the molecule is CC(COc1cc2sc(Br)nc2cc1F)OC(=O)Cl. The number of fused-ring (bicyclic) bond motifs is 1. The van der Waals surface area contributed by atoms with Gasteiger partial charge in [0.15, 0.2) is 15.5 Å². The minimum Gasteiger partial charge on any atom is -0.487 e. The zero-order valence-electron chi connectivity index (χ0n) is 9.65. The van der Waals surface area contributed by atoms with E-state index in [1.807, 2.05) is 0 Å². The second-order valence-corrected chi connectivity index (χ2v) is 6.31. The molecule has 0 N–H and O–H groups in total. The van der Waals surface area contributed by atoms with Crippen molar-refractivity contribution in [1.29, 1.82) is 0 Å². The van der Waals surface area contributed by atoms with Crippen molar-refractivity contribution in [2.45, 2.75) is 13.0 Å². The van der Waals surface area contributed by atoms with Crippen LogP contribution >= 0.6 is 38.9 Å². The minimum atomic E-state index is -0.918. The maximum atomic E-state index is 13.7. The first kappa shape index (κ1) is 14.5. The Kier molecular flexibility index (Phi) is 4.59. The third-order valence-electron chi connectivity index (χ3n) is 2.18. The summed E-state index contributed by atoms with van der Waals surface area (Å²) in [5.41, 5.74) is -0.361. The predicted octanol–water partition coefficient (Wildman–Crippen LogP) is 4.34. The van der Waals surface area contributed by atoms with Crippen molar-refractivity contribution in [2.24, 2.45) is 0 Å². The summed E-state index contributed by atoms with van der Waals surface area (Å²) in [6.45, 7) is 1.61. The summed E-state index contributed by atoms with van der Waals surface area (Å²) in [5.74, 6) is -0.434. The van der Waals surface area contributed by atoms with Crippen LogP contribution < -0.4 is 4.74 Å². The molecular weight excluding hydrogens is 361 g/mol. The van der Waals surface area contributed by atoms with Crippen LogP contribution in [-0.4, -0.2) is 23.1 Å². The molecule has 0 radical (unpaired) electrons. The van der Waals surface area contributed by atoms with E-state index < -0.39 is 17.3 Å². The van der Waals surface area contributed by atoms with Crippen molar-refractivity contribution in [1.82, 2.24) is 4.98 Å². The summed E-state index contributed by atoms with van der Waals surface area (Å²) in [6.07, 6.45) is -0.562. The van der Waals surface area contributed by atoms with Crippen LogP contribution in [-0.2, 0) is 4.74 Å². The number of rotatable bonds is 4. The number of hydrogen-bond acceptors (Lipinski definition) is 5. The number of nitrogens with zero attached hydrogens (tertiary/aromatic N) is 1. The smallest absolute Gasteiger partial charge is 0.404 e. The Morgan fingerprint density at radius 1 is 1.63 bits per heavy atom. The first-order valence-corrected chi connectivity index (χ1v) is 7.19. The number of ether oxygens (including phenoxy) is 2. The zero-order valence-corrected chi connectivity index (χ0v) is 12.8. The van der Waals surface area contributed by atoms with Gasteiger partial charge in [-0.1, -0.05) is 0 Å². The largest absolute Gasteiger partial charge is 0.487 e. The summed E-state index contributed by atoms with van der Waals surface area (Å²) in [7, 11) is 0. The summed E-state index contributed by atoms with van der Waals surface area (Å²) >= 11 is 9.67. The Morgan fingerprint density at radius 3 is 3.05 bits per heavy atom. The molecule has 8 heteroatoms. The molecule has 1 heterocycles. The van der Waals surface area contributed by atoms with Crippen LogP contribution in [0.15, 0.2) is 16.0 Å². The highest BCUT2D eigenvalue weighted by molar-refractivity contribution is 9.11. The Balaban J connectivity index is 2.11. The normalized spacial score (nSPS) is 12.4. The highest BCUT2D eigenvalue weighted by Gasteiger charge is 2.12. The molecule has 102 valence electrons. The first-order valence-electron chi connectivity index (χ1n) is 5.20. The van der Waals surface area contributed by atoms with E-state index in [9.17, 15) is 9.18 Å². The van der Waals surface area contributed by atoms with Gasteiger partial charge in [-0.2, -0.15) is 0 Å². The van der Waals surface area contributed by atoms with Crippen LogP contribution in [0.1, 0.15) is 6.92 Å². The Labute approximate surface area is 125 Å². The number of halogens is 3. The number of thiazole rings is 1. The van der Waals surface area contributed by atoms with Crippen molar-refractivity contribution >= 4 is 54.5 Å². The fraction of sp³-hybridized carbons (Fsp3) is 0.273. The molecule has 19 heavy (non-hydrogen) atoms. The molecule has 2 aromatic rings. The molecule has 0 spiro atoms. The number of hydrogen-bond donors (Lipinski definition) is 0. The molecule has 0 aliphatic carbocycles. The van der Waals surface area contributed by atoms with Gasteiger partial charge < -0.3 is 9.47 Å². The fourth-order valence-corrected chi connectivity index (χ4v) is 2.98.